The number of hydrogen-bond donors (Lipinski definition) is 0. The molecule has 0 aliphatic heterocycles. The fourth-order valence-corrected chi connectivity index (χ4v) is 6.12. The van der Waals surface area contributed by atoms with Gasteiger partial charge in [0.2, 0.25) is 0 Å². The van der Waals surface area contributed by atoms with Gasteiger partial charge in [-0.2, -0.15) is 5.10 Å². The number of aryl methyl sites for hydroxylation is 1. The van der Waals surface area contributed by atoms with E-state index in [0.29, 0.717) is 38.6 Å². The van der Waals surface area contributed by atoms with Crippen molar-refractivity contribution in [3.8, 4) is 22.4 Å². The first-order valence-electron chi connectivity index (χ1n) is 12.5. The molecule has 0 saturated carbocycles. The second kappa shape index (κ2) is 11.9. The van der Waals surface area contributed by atoms with Crippen LogP contribution in [0, 0.1) is 17.5 Å². The Hall–Kier alpha value is -4.27. The predicted molar refractivity (Wildman–Crippen MR) is 147 cm³/mol. The Morgan fingerprint density at radius 1 is 0.976 bits per heavy atom. The molecule has 0 amide bonds. The molecule has 3 heterocycles. The second-order valence-corrected chi connectivity index (χ2v) is 11.0. The van der Waals surface area contributed by atoms with Gasteiger partial charge in [-0.3, -0.25) is 4.68 Å². The van der Waals surface area contributed by atoms with Gasteiger partial charge in [-0.05, 0) is 48.0 Å². The Morgan fingerprint density at radius 2 is 1.79 bits per heavy atom. The van der Waals surface area contributed by atoms with E-state index in [0.717, 1.165) is 6.07 Å². The molecule has 0 radical (unpaired) electrons. The Kier molecular flexibility index (Phi) is 8.29. The topological polar surface area (TPSA) is 91.5 Å². The predicted octanol–water partition coefficient (Wildman–Crippen LogP) is 5.36. The molecule has 0 aliphatic rings. The molecule has 0 fully saturated rings. The number of ether oxygens (including phenoxy) is 2. The maximum absolute atomic E-state index is 16.4. The number of sulfonamides is 1. The Labute approximate surface area is 238 Å². The van der Waals surface area contributed by atoms with Crippen LogP contribution in [0.2, 0.25) is 0 Å². The molecule has 3 aromatic heterocycles. The zero-order valence-electron chi connectivity index (χ0n) is 22.5. The minimum absolute atomic E-state index is 0.0986. The normalized spacial score (nSPS) is 11.9. The Morgan fingerprint density at radius 3 is 2.52 bits per heavy atom. The van der Waals surface area contributed by atoms with Gasteiger partial charge in [-0.1, -0.05) is 6.07 Å². The smallest absolute Gasteiger partial charge is 0.269 e. The number of benzene rings is 2. The van der Waals surface area contributed by atoms with Crippen LogP contribution in [0.4, 0.5) is 23.2 Å². The van der Waals surface area contributed by atoms with Crippen molar-refractivity contribution in [3.63, 3.8) is 0 Å². The second-order valence-electron chi connectivity index (χ2n) is 9.13. The quantitative estimate of drug-likeness (QED) is 0.149. The number of rotatable bonds is 11. The van der Waals surface area contributed by atoms with E-state index in [-0.39, 0.29) is 24.5 Å². The van der Waals surface area contributed by atoms with Crippen LogP contribution < -0.4 is 4.31 Å². The van der Waals surface area contributed by atoms with Crippen molar-refractivity contribution < 1.29 is 35.5 Å². The summed E-state index contributed by atoms with van der Waals surface area (Å²) in [6.45, 7) is -1.32. The molecule has 0 saturated heterocycles. The van der Waals surface area contributed by atoms with Crippen molar-refractivity contribution in [1.29, 1.82) is 0 Å². The number of methoxy groups -OCH3 is 2. The number of fused-ring (bicyclic) bond motifs is 1. The largest absolute Gasteiger partial charge is 0.364 e. The van der Waals surface area contributed by atoms with Crippen molar-refractivity contribution >= 4 is 26.7 Å². The van der Waals surface area contributed by atoms with E-state index in [1.165, 1.54) is 30.0 Å². The number of aromatic nitrogens is 4. The number of pyridine rings is 1. The summed E-state index contributed by atoms with van der Waals surface area (Å²) >= 11 is 0. The van der Waals surface area contributed by atoms with Crippen LogP contribution in [0.3, 0.4) is 0 Å². The van der Waals surface area contributed by atoms with E-state index in [1.54, 1.807) is 42.4 Å². The standard InChI is InChI=1S/C28H25F4N5O4S/c1-40-16-35-12-9-20-19(8-11-33-28(20)35)22-15-36(13-10-29)34-27(22)21-4-3-5-24(26(21)32)37(17-41-2)42(38,39)25-14-18(30)6-7-23(25)31/h3-9,11-12,14-15H,10,13,16-17H2,1-2H3. The van der Waals surface area contributed by atoms with Crippen LogP contribution in [0.25, 0.3) is 33.4 Å². The lowest BCUT2D eigenvalue weighted by molar-refractivity contribution is 0.134. The van der Waals surface area contributed by atoms with Crippen LogP contribution in [0.1, 0.15) is 0 Å². The van der Waals surface area contributed by atoms with Gasteiger partial charge in [0.15, 0.2) is 5.82 Å². The van der Waals surface area contributed by atoms with Crippen LogP contribution >= 0.6 is 0 Å². The lowest BCUT2D eigenvalue weighted by Crippen LogP contribution is -2.34. The third-order valence-electron chi connectivity index (χ3n) is 6.51. The van der Waals surface area contributed by atoms with E-state index < -0.39 is 51.5 Å². The molecule has 5 aromatic rings. The summed E-state index contributed by atoms with van der Waals surface area (Å²) in [6.07, 6.45) is 4.90. The van der Waals surface area contributed by atoms with Gasteiger partial charge >= 0.3 is 0 Å². The highest BCUT2D eigenvalue weighted by Crippen LogP contribution is 2.39. The molecule has 0 bridgehead atoms. The molecule has 9 nitrogen and oxygen atoms in total. The third kappa shape index (κ3) is 5.24. The third-order valence-corrected chi connectivity index (χ3v) is 8.26. The molecular formula is C28H25F4N5O4S. The van der Waals surface area contributed by atoms with Gasteiger partial charge in [0.25, 0.3) is 10.0 Å². The monoisotopic (exact) mass is 603 g/mol. The van der Waals surface area contributed by atoms with E-state index in [4.69, 9.17) is 9.47 Å². The van der Waals surface area contributed by atoms with E-state index in [9.17, 15) is 21.6 Å². The number of anilines is 1. The Balaban J connectivity index is 1.69. The first-order valence-corrected chi connectivity index (χ1v) is 14.0. The lowest BCUT2D eigenvalue weighted by Gasteiger charge is -2.25. The van der Waals surface area contributed by atoms with E-state index in [1.807, 2.05) is 0 Å². The summed E-state index contributed by atoms with van der Waals surface area (Å²) in [4.78, 5) is 3.42. The zero-order valence-corrected chi connectivity index (χ0v) is 23.3. The highest BCUT2D eigenvalue weighted by molar-refractivity contribution is 7.92. The van der Waals surface area contributed by atoms with Crippen LogP contribution in [-0.4, -0.2) is 55.4 Å². The molecule has 5 rings (SSSR count). The molecular weight excluding hydrogens is 578 g/mol. The summed E-state index contributed by atoms with van der Waals surface area (Å²) in [5, 5.41) is 5.12. The molecule has 0 aliphatic carbocycles. The summed E-state index contributed by atoms with van der Waals surface area (Å²) in [5.74, 6) is -3.24. The first kappa shape index (κ1) is 29.2. The summed E-state index contributed by atoms with van der Waals surface area (Å²) in [7, 11) is -2.12. The maximum atomic E-state index is 16.4. The SMILES string of the molecule is COCN(c1cccc(-c2nn(CCF)cc2-c2ccnc3c2ccn3COC)c1F)S(=O)(=O)c1cc(F)ccc1F. The summed E-state index contributed by atoms with van der Waals surface area (Å²) < 4.78 is 99.0. The first-order chi connectivity index (χ1) is 20.2. The average molecular weight is 604 g/mol. The van der Waals surface area contributed by atoms with E-state index >= 15 is 4.39 Å². The van der Waals surface area contributed by atoms with Crippen LogP contribution in [0.15, 0.2) is 72.0 Å². The molecule has 2 aromatic carbocycles. The highest BCUT2D eigenvalue weighted by Gasteiger charge is 2.32. The van der Waals surface area contributed by atoms with Crippen LogP contribution in [-0.2, 0) is 32.8 Å². The number of nitrogens with zero attached hydrogens (tertiary/aromatic N) is 5. The minimum Gasteiger partial charge on any atom is -0.364 e. The molecule has 220 valence electrons. The summed E-state index contributed by atoms with van der Waals surface area (Å²) in [5.41, 5.74) is 1.12. The van der Waals surface area contributed by atoms with Gasteiger partial charge in [-0.15, -0.1) is 0 Å². The van der Waals surface area contributed by atoms with Gasteiger partial charge in [0.05, 0.1) is 12.2 Å². The van der Waals surface area contributed by atoms with Crippen LogP contribution in [0.5, 0.6) is 0 Å². The highest BCUT2D eigenvalue weighted by atomic mass is 32.2. The molecule has 14 heteroatoms. The molecule has 42 heavy (non-hydrogen) atoms. The van der Waals surface area contributed by atoms with Gasteiger partial charge < -0.3 is 14.0 Å². The number of halogens is 4. The minimum atomic E-state index is -4.83. The molecule has 0 atom stereocenters. The van der Waals surface area contributed by atoms with Crippen molar-refractivity contribution in [2.75, 3.05) is 31.9 Å². The van der Waals surface area contributed by atoms with Crippen molar-refractivity contribution in [2.24, 2.45) is 0 Å². The molecule has 0 spiro atoms. The maximum Gasteiger partial charge on any atom is 0.269 e. The summed E-state index contributed by atoms with van der Waals surface area (Å²) in [6, 6.07) is 9.40. The van der Waals surface area contributed by atoms with Gasteiger partial charge in [0, 0.05) is 49.3 Å². The lowest BCUT2D eigenvalue weighted by atomic mass is 9.99. The fraction of sp³-hybridized carbons (Fsp3) is 0.214. The average Bonchev–Trinajstić information content (AvgIpc) is 3.58. The fourth-order valence-electron chi connectivity index (χ4n) is 4.66. The number of hydrogen-bond acceptors (Lipinski definition) is 6. The van der Waals surface area contributed by atoms with Gasteiger partial charge in [0.1, 0.15) is 48.0 Å². The van der Waals surface area contributed by atoms with Gasteiger partial charge in [-0.25, -0.2) is 35.3 Å². The Bertz CT molecular complexity index is 1860. The molecule has 0 unspecified atom stereocenters. The molecule has 0 N–H and O–H groups in total. The van der Waals surface area contributed by atoms with E-state index in [2.05, 4.69) is 10.1 Å². The van der Waals surface area contributed by atoms with Crippen molar-refractivity contribution in [1.82, 2.24) is 19.3 Å². The van der Waals surface area contributed by atoms with Crippen molar-refractivity contribution in [2.45, 2.75) is 18.2 Å². The zero-order chi connectivity index (χ0) is 30.0. The number of alkyl halides is 1. The van der Waals surface area contributed by atoms with Crippen molar-refractivity contribution in [3.05, 3.63) is 84.6 Å².